The van der Waals surface area contributed by atoms with E-state index in [1.54, 1.807) is 22.3 Å². The number of nitrogens with zero attached hydrogens (tertiary/aromatic N) is 1. The van der Waals surface area contributed by atoms with Crippen molar-refractivity contribution in [2.45, 2.75) is 51.1 Å². The van der Waals surface area contributed by atoms with Crippen LogP contribution < -0.4 is 0 Å². The highest BCUT2D eigenvalue weighted by Crippen LogP contribution is 2.45. The summed E-state index contributed by atoms with van der Waals surface area (Å²) in [6, 6.07) is 5.18. The molecule has 0 radical (unpaired) electrons. The second-order valence-electron chi connectivity index (χ2n) is 6.94. The average Bonchev–Trinajstić information content (AvgIpc) is 3.37. The quantitative estimate of drug-likeness (QED) is 0.749. The van der Waals surface area contributed by atoms with Crippen molar-refractivity contribution in [2.75, 3.05) is 0 Å². The number of aliphatic hydroxyl groups excluding tert-OH is 1. The van der Waals surface area contributed by atoms with E-state index in [2.05, 4.69) is 0 Å². The summed E-state index contributed by atoms with van der Waals surface area (Å²) in [4.78, 5) is 29.4. The van der Waals surface area contributed by atoms with Crippen LogP contribution in [0.1, 0.15) is 58.3 Å². The average molecular weight is 388 g/mol. The zero-order valence-electron chi connectivity index (χ0n) is 14.6. The molecule has 0 bridgehead atoms. The number of hydrogen-bond acceptors (Lipinski definition) is 5. The van der Waals surface area contributed by atoms with Crippen LogP contribution in [0.3, 0.4) is 0 Å². The third-order valence-electron chi connectivity index (χ3n) is 5.35. The van der Waals surface area contributed by atoms with Gasteiger partial charge in [0.15, 0.2) is 5.76 Å². The van der Waals surface area contributed by atoms with Gasteiger partial charge in [0.05, 0.1) is 10.5 Å². The lowest BCUT2D eigenvalue weighted by atomic mass is 9.92. The smallest absolute Gasteiger partial charge is 0.290 e. The number of hydrogen-bond donors (Lipinski definition) is 1. The van der Waals surface area contributed by atoms with E-state index < -0.39 is 11.9 Å². The van der Waals surface area contributed by atoms with Crippen LogP contribution in [0.2, 0.25) is 0 Å². The SMILES string of the molecule is Cc1ccsc1C1C(C(=O)c2cccs2)=C(O)C(=O)N1C1CCCCC1. The van der Waals surface area contributed by atoms with Gasteiger partial charge in [0, 0.05) is 10.9 Å². The van der Waals surface area contributed by atoms with Crippen LogP contribution in [0.5, 0.6) is 0 Å². The Hall–Kier alpha value is -1.92. The number of ketones is 1. The molecule has 6 heteroatoms. The maximum absolute atomic E-state index is 13.1. The summed E-state index contributed by atoms with van der Waals surface area (Å²) < 4.78 is 0. The highest BCUT2D eigenvalue weighted by atomic mass is 32.1. The Morgan fingerprint density at radius 3 is 2.54 bits per heavy atom. The van der Waals surface area contributed by atoms with Crippen molar-refractivity contribution in [1.29, 1.82) is 0 Å². The lowest BCUT2D eigenvalue weighted by Crippen LogP contribution is -2.41. The predicted octanol–water partition coefficient (Wildman–Crippen LogP) is 5.03. The first kappa shape index (κ1) is 17.5. The van der Waals surface area contributed by atoms with Gasteiger partial charge in [-0.2, -0.15) is 0 Å². The van der Waals surface area contributed by atoms with Crippen molar-refractivity contribution in [2.24, 2.45) is 0 Å². The summed E-state index contributed by atoms with van der Waals surface area (Å²) in [5.74, 6) is -0.997. The summed E-state index contributed by atoms with van der Waals surface area (Å²) >= 11 is 2.89. The summed E-state index contributed by atoms with van der Waals surface area (Å²) in [7, 11) is 0. The van der Waals surface area contributed by atoms with E-state index >= 15 is 0 Å². The van der Waals surface area contributed by atoms with E-state index in [1.807, 2.05) is 29.8 Å². The molecule has 1 unspecified atom stereocenters. The van der Waals surface area contributed by atoms with Crippen LogP contribution in [0.25, 0.3) is 0 Å². The fourth-order valence-corrected chi connectivity index (χ4v) is 5.76. The minimum atomic E-state index is -0.472. The van der Waals surface area contributed by atoms with E-state index in [4.69, 9.17) is 0 Å². The van der Waals surface area contributed by atoms with Gasteiger partial charge in [-0.05, 0) is 48.2 Å². The van der Waals surface area contributed by atoms with Crippen molar-refractivity contribution < 1.29 is 14.7 Å². The number of carbonyl (C=O) groups is 2. The monoisotopic (exact) mass is 387 g/mol. The molecule has 4 rings (SSSR count). The standard InChI is InChI=1S/C20H21NO3S2/c1-12-9-11-26-19(12)16-15(17(22)14-8-5-10-25-14)18(23)20(24)21(16)13-6-3-2-4-7-13/h5,8-11,13,16,23H,2-4,6-7H2,1H3. The molecular formula is C20H21NO3S2. The van der Waals surface area contributed by atoms with Gasteiger partial charge >= 0.3 is 0 Å². The number of aliphatic hydroxyl groups is 1. The van der Waals surface area contributed by atoms with E-state index in [1.165, 1.54) is 17.8 Å². The first-order valence-corrected chi connectivity index (χ1v) is 10.7. The van der Waals surface area contributed by atoms with Crippen LogP contribution in [-0.4, -0.2) is 27.7 Å². The fraction of sp³-hybridized carbons (Fsp3) is 0.400. The number of thiophene rings is 2. The molecule has 2 aromatic heterocycles. The minimum Gasteiger partial charge on any atom is -0.503 e. The van der Waals surface area contributed by atoms with Crippen LogP contribution in [0.4, 0.5) is 0 Å². The molecule has 1 aliphatic heterocycles. The van der Waals surface area contributed by atoms with Crippen molar-refractivity contribution in [1.82, 2.24) is 4.90 Å². The summed E-state index contributed by atoms with van der Waals surface area (Å²) in [6.07, 6.45) is 5.21. The molecule has 1 amide bonds. The van der Waals surface area contributed by atoms with Crippen molar-refractivity contribution >= 4 is 34.4 Å². The van der Waals surface area contributed by atoms with Gasteiger partial charge in [-0.1, -0.05) is 25.3 Å². The maximum atomic E-state index is 13.1. The van der Waals surface area contributed by atoms with Crippen molar-refractivity contribution in [3.8, 4) is 0 Å². The summed E-state index contributed by atoms with van der Waals surface area (Å²) in [6.45, 7) is 2.00. The third-order valence-corrected chi connectivity index (χ3v) is 7.29. The molecule has 2 aromatic rings. The van der Waals surface area contributed by atoms with Crippen LogP contribution >= 0.6 is 22.7 Å². The van der Waals surface area contributed by atoms with Gasteiger partial charge in [-0.15, -0.1) is 22.7 Å². The van der Waals surface area contributed by atoms with Gasteiger partial charge in [-0.25, -0.2) is 0 Å². The molecule has 1 N–H and O–H groups in total. The Kier molecular flexibility index (Phi) is 4.71. The maximum Gasteiger partial charge on any atom is 0.290 e. The Morgan fingerprint density at radius 1 is 1.15 bits per heavy atom. The number of rotatable bonds is 4. The van der Waals surface area contributed by atoms with E-state index in [9.17, 15) is 14.7 Å². The predicted molar refractivity (Wildman–Crippen MR) is 104 cm³/mol. The topological polar surface area (TPSA) is 57.6 Å². The molecule has 1 aliphatic carbocycles. The van der Waals surface area contributed by atoms with Gasteiger partial charge in [0.1, 0.15) is 6.04 Å². The van der Waals surface area contributed by atoms with Gasteiger partial charge in [-0.3, -0.25) is 9.59 Å². The Labute approximate surface area is 160 Å². The molecule has 1 saturated carbocycles. The van der Waals surface area contributed by atoms with Crippen LogP contribution in [0, 0.1) is 6.92 Å². The molecule has 1 atom stereocenters. The van der Waals surface area contributed by atoms with E-state index in [-0.39, 0.29) is 23.2 Å². The van der Waals surface area contributed by atoms with Crippen molar-refractivity contribution in [3.05, 3.63) is 55.6 Å². The Balaban J connectivity index is 1.81. The second kappa shape index (κ2) is 7.00. The number of amides is 1. The molecule has 0 saturated heterocycles. The van der Waals surface area contributed by atoms with E-state index in [0.29, 0.717) is 4.88 Å². The first-order chi connectivity index (χ1) is 12.6. The van der Waals surface area contributed by atoms with Crippen LogP contribution in [0.15, 0.2) is 40.3 Å². The largest absolute Gasteiger partial charge is 0.503 e. The zero-order chi connectivity index (χ0) is 18.3. The van der Waals surface area contributed by atoms with Gasteiger partial charge in [0.25, 0.3) is 5.91 Å². The van der Waals surface area contributed by atoms with Crippen molar-refractivity contribution in [3.63, 3.8) is 0 Å². The van der Waals surface area contributed by atoms with Crippen LogP contribution in [-0.2, 0) is 4.79 Å². The molecule has 136 valence electrons. The van der Waals surface area contributed by atoms with Gasteiger partial charge in [0.2, 0.25) is 5.78 Å². The molecule has 3 heterocycles. The lowest BCUT2D eigenvalue weighted by Gasteiger charge is -2.36. The van der Waals surface area contributed by atoms with E-state index in [0.717, 1.165) is 36.1 Å². The highest BCUT2D eigenvalue weighted by Gasteiger charge is 2.47. The normalized spacial score (nSPS) is 21.7. The number of carbonyl (C=O) groups excluding carboxylic acids is 2. The summed E-state index contributed by atoms with van der Waals surface area (Å²) in [5.41, 5.74) is 1.30. The minimum absolute atomic E-state index is 0.0820. The second-order valence-corrected chi connectivity index (χ2v) is 8.84. The molecule has 26 heavy (non-hydrogen) atoms. The molecule has 4 nitrogen and oxygen atoms in total. The summed E-state index contributed by atoms with van der Waals surface area (Å²) in [5, 5.41) is 14.5. The number of aryl methyl sites for hydroxylation is 1. The first-order valence-electron chi connectivity index (χ1n) is 8.97. The molecular weight excluding hydrogens is 366 g/mol. The molecule has 1 fully saturated rings. The molecule has 0 spiro atoms. The highest BCUT2D eigenvalue weighted by molar-refractivity contribution is 7.12. The van der Waals surface area contributed by atoms with Gasteiger partial charge < -0.3 is 10.0 Å². The molecule has 2 aliphatic rings. The Bertz CT molecular complexity index is 860. The fourth-order valence-electron chi connectivity index (χ4n) is 4.05. The third kappa shape index (κ3) is 2.81. The zero-order valence-corrected chi connectivity index (χ0v) is 16.2. The Morgan fingerprint density at radius 2 is 1.92 bits per heavy atom. The molecule has 0 aromatic carbocycles. The number of Topliss-reactive ketones (excluding diaryl/α,β-unsaturated/α-hetero) is 1. The lowest BCUT2D eigenvalue weighted by molar-refractivity contribution is -0.132.